The highest BCUT2D eigenvalue weighted by Crippen LogP contribution is 2.27. The van der Waals surface area contributed by atoms with E-state index >= 15 is 0 Å². The second-order valence-corrected chi connectivity index (χ2v) is 6.59. The van der Waals surface area contributed by atoms with E-state index in [-0.39, 0.29) is 11.2 Å². The third kappa shape index (κ3) is 3.71. The van der Waals surface area contributed by atoms with E-state index in [4.69, 9.17) is 5.73 Å². The summed E-state index contributed by atoms with van der Waals surface area (Å²) >= 11 is 0. The van der Waals surface area contributed by atoms with Gasteiger partial charge < -0.3 is 10.6 Å². The summed E-state index contributed by atoms with van der Waals surface area (Å²) in [4.78, 5) is 4.14. The Morgan fingerprint density at radius 3 is 2.00 bits per heavy atom. The zero-order chi connectivity index (χ0) is 15.6. The van der Waals surface area contributed by atoms with Crippen molar-refractivity contribution in [3.05, 3.63) is 29.3 Å². The number of benzene rings is 1. The average Bonchev–Trinajstić information content (AvgIpc) is 2.38. The van der Waals surface area contributed by atoms with Crippen LogP contribution in [0.25, 0.3) is 0 Å². The molecule has 1 fully saturated rings. The Labute approximate surface area is 125 Å². The van der Waals surface area contributed by atoms with Crippen LogP contribution < -0.4 is 10.6 Å². The van der Waals surface area contributed by atoms with Crippen molar-refractivity contribution in [2.75, 3.05) is 37.6 Å². The average molecular weight is 297 g/mol. The summed E-state index contributed by atoms with van der Waals surface area (Å²) in [6.45, 7) is 9.77. The maximum absolute atomic E-state index is 14.2. The molecule has 1 heterocycles. The number of hydrogen-bond donors (Lipinski definition) is 1. The van der Waals surface area contributed by atoms with E-state index < -0.39 is 11.6 Å². The van der Waals surface area contributed by atoms with Gasteiger partial charge in [0.25, 0.3) is 0 Å². The second-order valence-electron chi connectivity index (χ2n) is 6.59. The van der Waals surface area contributed by atoms with Gasteiger partial charge in [-0.25, -0.2) is 8.78 Å². The molecule has 0 aliphatic carbocycles. The largest absolute Gasteiger partial charge is 0.364 e. The zero-order valence-electron chi connectivity index (χ0n) is 13.1. The lowest BCUT2D eigenvalue weighted by atomic mass is 10.0. The number of nitrogens with two attached hydrogens (primary N) is 1. The fourth-order valence-electron chi connectivity index (χ4n) is 2.83. The molecule has 0 atom stereocenters. The Kier molecular flexibility index (Phi) is 4.84. The summed E-state index contributed by atoms with van der Waals surface area (Å²) in [5, 5.41) is 0. The zero-order valence-corrected chi connectivity index (χ0v) is 13.1. The number of nitrogens with zero attached hydrogens (tertiary/aromatic N) is 2. The Bertz CT molecular complexity index is 466. The van der Waals surface area contributed by atoms with Crippen molar-refractivity contribution >= 4 is 5.69 Å². The van der Waals surface area contributed by atoms with Gasteiger partial charge in [-0.05, 0) is 51.4 Å². The van der Waals surface area contributed by atoms with Gasteiger partial charge in [0, 0.05) is 31.7 Å². The van der Waals surface area contributed by atoms with E-state index in [1.807, 2.05) is 0 Å². The van der Waals surface area contributed by atoms with Crippen molar-refractivity contribution in [1.82, 2.24) is 4.90 Å². The molecule has 0 unspecified atom stereocenters. The minimum Gasteiger partial charge on any atom is -0.364 e. The number of hydrogen-bond acceptors (Lipinski definition) is 3. The SMILES string of the molecule is CC(C)(C)N1CCN(c2c(F)cc(CCN)cc2F)CC1. The van der Waals surface area contributed by atoms with Gasteiger partial charge in [-0.3, -0.25) is 4.90 Å². The highest BCUT2D eigenvalue weighted by molar-refractivity contribution is 5.51. The minimum absolute atomic E-state index is 0.0914. The van der Waals surface area contributed by atoms with E-state index in [2.05, 4.69) is 25.7 Å². The molecule has 0 bridgehead atoms. The van der Waals surface area contributed by atoms with Crippen LogP contribution in [0.5, 0.6) is 0 Å². The third-order valence-electron chi connectivity index (χ3n) is 4.05. The molecule has 1 aliphatic heterocycles. The molecule has 0 radical (unpaired) electrons. The molecule has 3 nitrogen and oxygen atoms in total. The Morgan fingerprint density at radius 1 is 1.05 bits per heavy atom. The van der Waals surface area contributed by atoms with Crippen LogP contribution in [0.3, 0.4) is 0 Å². The normalized spacial score (nSPS) is 17.3. The molecule has 0 spiro atoms. The predicted octanol–water partition coefficient (Wildman–Crippen LogP) is 2.39. The first-order valence-electron chi connectivity index (χ1n) is 7.51. The molecule has 2 rings (SSSR count). The number of halogens is 2. The molecule has 0 aromatic heterocycles. The van der Waals surface area contributed by atoms with Gasteiger partial charge in [-0.2, -0.15) is 0 Å². The second kappa shape index (κ2) is 6.28. The molecule has 1 saturated heterocycles. The number of piperazine rings is 1. The summed E-state index contributed by atoms with van der Waals surface area (Å²) in [7, 11) is 0. The summed E-state index contributed by atoms with van der Waals surface area (Å²) in [5.74, 6) is -0.967. The molecule has 0 amide bonds. The van der Waals surface area contributed by atoms with Gasteiger partial charge in [0.05, 0.1) is 0 Å². The van der Waals surface area contributed by atoms with E-state index in [1.165, 1.54) is 12.1 Å². The van der Waals surface area contributed by atoms with Crippen LogP contribution in [0, 0.1) is 11.6 Å². The highest BCUT2D eigenvalue weighted by atomic mass is 19.1. The van der Waals surface area contributed by atoms with Crippen molar-refractivity contribution in [3.8, 4) is 0 Å². The summed E-state index contributed by atoms with van der Waals surface area (Å²) < 4.78 is 28.4. The van der Waals surface area contributed by atoms with Crippen LogP contribution in [-0.2, 0) is 6.42 Å². The predicted molar refractivity (Wildman–Crippen MR) is 82.7 cm³/mol. The van der Waals surface area contributed by atoms with Crippen molar-refractivity contribution < 1.29 is 8.78 Å². The van der Waals surface area contributed by atoms with Gasteiger partial charge in [-0.15, -0.1) is 0 Å². The van der Waals surface area contributed by atoms with Gasteiger partial charge in [0.2, 0.25) is 0 Å². The van der Waals surface area contributed by atoms with Crippen molar-refractivity contribution in [3.63, 3.8) is 0 Å². The molecule has 1 aliphatic rings. The standard InChI is InChI=1S/C16H25F2N3/c1-16(2,3)21-8-6-20(7-9-21)15-13(17)10-12(4-5-19)11-14(15)18/h10-11H,4-9,19H2,1-3H3. The number of anilines is 1. The maximum atomic E-state index is 14.2. The van der Waals surface area contributed by atoms with Gasteiger partial charge in [-0.1, -0.05) is 0 Å². The molecule has 118 valence electrons. The Morgan fingerprint density at radius 2 is 1.57 bits per heavy atom. The van der Waals surface area contributed by atoms with Crippen molar-refractivity contribution in [2.45, 2.75) is 32.7 Å². The third-order valence-corrected chi connectivity index (χ3v) is 4.05. The molecule has 2 N–H and O–H groups in total. The summed E-state index contributed by atoms with van der Waals surface area (Å²) in [6.07, 6.45) is 0.492. The van der Waals surface area contributed by atoms with Crippen molar-refractivity contribution in [2.24, 2.45) is 5.73 Å². The molecule has 0 saturated carbocycles. The summed E-state index contributed by atoms with van der Waals surface area (Å²) in [5.41, 5.74) is 6.24. The van der Waals surface area contributed by atoms with E-state index in [9.17, 15) is 8.78 Å². The van der Waals surface area contributed by atoms with Gasteiger partial charge in [0.15, 0.2) is 0 Å². The topological polar surface area (TPSA) is 32.5 Å². The fraction of sp³-hybridized carbons (Fsp3) is 0.625. The number of rotatable bonds is 3. The quantitative estimate of drug-likeness (QED) is 0.930. The first kappa shape index (κ1) is 16.2. The molecular formula is C16H25F2N3. The lowest BCUT2D eigenvalue weighted by molar-refractivity contribution is 0.128. The van der Waals surface area contributed by atoms with Crippen LogP contribution in [0.15, 0.2) is 12.1 Å². The molecular weight excluding hydrogens is 272 g/mol. The van der Waals surface area contributed by atoms with Gasteiger partial charge in [0.1, 0.15) is 17.3 Å². The smallest absolute Gasteiger partial charge is 0.149 e. The van der Waals surface area contributed by atoms with Crippen LogP contribution >= 0.6 is 0 Å². The molecule has 21 heavy (non-hydrogen) atoms. The van der Waals surface area contributed by atoms with Crippen LogP contribution in [0.4, 0.5) is 14.5 Å². The summed E-state index contributed by atoms with van der Waals surface area (Å²) in [6, 6.07) is 2.81. The monoisotopic (exact) mass is 297 g/mol. The minimum atomic E-state index is -0.484. The van der Waals surface area contributed by atoms with Crippen LogP contribution in [-0.4, -0.2) is 43.2 Å². The Hall–Kier alpha value is -1.20. The molecule has 1 aromatic rings. The van der Waals surface area contributed by atoms with Crippen molar-refractivity contribution in [1.29, 1.82) is 0 Å². The van der Waals surface area contributed by atoms with Crippen LogP contribution in [0.1, 0.15) is 26.3 Å². The first-order valence-corrected chi connectivity index (χ1v) is 7.51. The molecule has 1 aromatic carbocycles. The van der Waals surface area contributed by atoms with E-state index in [0.29, 0.717) is 31.6 Å². The van der Waals surface area contributed by atoms with Crippen LogP contribution in [0.2, 0.25) is 0 Å². The lowest BCUT2D eigenvalue weighted by Crippen LogP contribution is -2.53. The fourth-order valence-corrected chi connectivity index (χ4v) is 2.83. The first-order chi connectivity index (χ1) is 9.82. The molecule has 5 heteroatoms. The highest BCUT2D eigenvalue weighted by Gasteiger charge is 2.28. The van der Waals surface area contributed by atoms with Gasteiger partial charge >= 0.3 is 0 Å². The van der Waals surface area contributed by atoms with E-state index in [0.717, 1.165) is 13.1 Å². The van der Waals surface area contributed by atoms with E-state index in [1.54, 1.807) is 4.90 Å². The Balaban J connectivity index is 2.13. The lowest BCUT2D eigenvalue weighted by Gasteiger charge is -2.43. The maximum Gasteiger partial charge on any atom is 0.149 e.